The van der Waals surface area contributed by atoms with Crippen LogP contribution in [-0.4, -0.2) is 66.7 Å². The van der Waals surface area contributed by atoms with Gasteiger partial charge in [-0.1, -0.05) is 13.8 Å². The topological polar surface area (TPSA) is 95.1 Å². The standard InChI is InChI=1S/C20H35N5O3/c1-7-21-16(22-14-12-19(4,28-6)18(14,2)3)25-10-8-13(9-11-25)20(5)15(26)23-17(27)24-20/h13-14H,7-12H2,1-6H3,(H,21,22)(H2,23,24,26,27). The number of guanidine groups is 1. The first-order valence-electron chi connectivity index (χ1n) is 10.3. The lowest BCUT2D eigenvalue weighted by Gasteiger charge is -2.59. The monoisotopic (exact) mass is 393 g/mol. The lowest BCUT2D eigenvalue weighted by Crippen LogP contribution is -2.70. The molecule has 3 aliphatic rings. The molecule has 3 amide bonds. The van der Waals surface area contributed by atoms with Crippen LogP contribution in [0.4, 0.5) is 4.79 Å². The molecule has 3 atom stereocenters. The van der Waals surface area contributed by atoms with Crippen LogP contribution in [0, 0.1) is 11.3 Å². The molecule has 2 heterocycles. The molecule has 0 aromatic heterocycles. The Hall–Kier alpha value is -1.83. The van der Waals surface area contributed by atoms with Gasteiger partial charge in [0, 0.05) is 38.2 Å². The highest BCUT2D eigenvalue weighted by atomic mass is 16.5. The fourth-order valence-electron chi connectivity index (χ4n) is 4.78. The van der Waals surface area contributed by atoms with Crippen molar-refractivity contribution in [3.05, 3.63) is 0 Å². The fourth-order valence-corrected chi connectivity index (χ4v) is 4.78. The SMILES string of the molecule is CCN=C(NC1CC(C)(OC)C1(C)C)N1CCC(C2(C)NC(=O)NC2=O)CC1. The van der Waals surface area contributed by atoms with E-state index in [1.165, 1.54) is 0 Å². The molecule has 0 aromatic rings. The third-order valence-electron chi connectivity index (χ3n) is 7.57. The first-order valence-corrected chi connectivity index (χ1v) is 10.3. The molecule has 2 saturated heterocycles. The summed E-state index contributed by atoms with van der Waals surface area (Å²) in [4.78, 5) is 30.8. The zero-order valence-electron chi connectivity index (χ0n) is 18.0. The molecule has 158 valence electrons. The van der Waals surface area contributed by atoms with Gasteiger partial charge in [0.15, 0.2) is 5.96 Å². The van der Waals surface area contributed by atoms with Gasteiger partial charge in [-0.25, -0.2) is 4.79 Å². The number of urea groups is 1. The summed E-state index contributed by atoms with van der Waals surface area (Å²) in [6.07, 6.45) is 2.61. The normalized spacial score (nSPS) is 36.0. The van der Waals surface area contributed by atoms with Crippen LogP contribution in [0.2, 0.25) is 0 Å². The summed E-state index contributed by atoms with van der Waals surface area (Å²) in [7, 11) is 1.78. The number of aliphatic imine (C=N–C) groups is 1. The van der Waals surface area contributed by atoms with Crippen molar-refractivity contribution in [3.63, 3.8) is 0 Å². The molecular weight excluding hydrogens is 358 g/mol. The maximum absolute atomic E-state index is 12.2. The Kier molecular flexibility index (Phi) is 5.38. The van der Waals surface area contributed by atoms with Gasteiger partial charge >= 0.3 is 6.03 Å². The Bertz CT molecular complexity index is 671. The summed E-state index contributed by atoms with van der Waals surface area (Å²) in [5, 5.41) is 8.85. The molecule has 0 aromatic carbocycles. The minimum atomic E-state index is -0.811. The number of carbonyl (C=O) groups excluding carboxylic acids is 2. The summed E-state index contributed by atoms with van der Waals surface area (Å²) in [6.45, 7) is 12.8. The number of hydrogen-bond donors (Lipinski definition) is 3. The van der Waals surface area contributed by atoms with Crippen LogP contribution in [0.15, 0.2) is 4.99 Å². The molecule has 8 heteroatoms. The Morgan fingerprint density at radius 2 is 1.89 bits per heavy atom. The number of rotatable bonds is 4. The fraction of sp³-hybridized carbons (Fsp3) is 0.850. The van der Waals surface area contributed by atoms with E-state index in [0.29, 0.717) is 12.6 Å². The number of ether oxygens (including phenoxy) is 1. The van der Waals surface area contributed by atoms with E-state index in [2.05, 4.69) is 41.6 Å². The number of nitrogens with one attached hydrogen (secondary N) is 3. The molecule has 3 N–H and O–H groups in total. The van der Waals surface area contributed by atoms with Gasteiger partial charge in [-0.2, -0.15) is 0 Å². The Labute approximate surface area is 167 Å². The van der Waals surface area contributed by atoms with E-state index in [-0.39, 0.29) is 22.8 Å². The third-order valence-corrected chi connectivity index (χ3v) is 7.57. The van der Waals surface area contributed by atoms with Gasteiger partial charge in [-0.05, 0) is 46.0 Å². The molecule has 1 aliphatic carbocycles. The van der Waals surface area contributed by atoms with Crippen LogP contribution in [0.25, 0.3) is 0 Å². The van der Waals surface area contributed by atoms with E-state index >= 15 is 0 Å². The van der Waals surface area contributed by atoms with Crippen LogP contribution in [-0.2, 0) is 9.53 Å². The van der Waals surface area contributed by atoms with E-state index in [4.69, 9.17) is 9.73 Å². The van der Waals surface area contributed by atoms with Crippen molar-refractivity contribution in [2.24, 2.45) is 16.3 Å². The average Bonchev–Trinajstić information content (AvgIpc) is 2.93. The van der Waals surface area contributed by atoms with Crippen molar-refractivity contribution >= 4 is 17.9 Å². The first kappa shape index (κ1) is 20.9. The smallest absolute Gasteiger partial charge is 0.322 e. The predicted octanol–water partition coefficient (Wildman–Crippen LogP) is 1.47. The Morgan fingerprint density at radius 3 is 2.36 bits per heavy atom. The van der Waals surface area contributed by atoms with Crippen LogP contribution in [0.3, 0.4) is 0 Å². The molecule has 0 radical (unpaired) electrons. The average molecular weight is 394 g/mol. The van der Waals surface area contributed by atoms with Gasteiger partial charge in [0.25, 0.3) is 5.91 Å². The van der Waals surface area contributed by atoms with Gasteiger partial charge in [-0.3, -0.25) is 15.1 Å². The lowest BCUT2D eigenvalue weighted by molar-refractivity contribution is -0.177. The van der Waals surface area contributed by atoms with Crippen molar-refractivity contribution in [1.29, 1.82) is 0 Å². The molecule has 3 unspecified atom stereocenters. The number of likely N-dealkylation sites (tertiary alicyclic amines) is 1. The maximum atomic E-state index is 12.2. The highest BCUT2D eigenvalue weighted by Crippen LogP contribution is 2.51. The second-order valence-electron chi connectivity index (χ2n) is 9.23. The number of hydrogen-bond acceptors (Lipinski definition) is 4. The van der Waals surface area contributed by atoms with Crippen molar-refractivity contribution in [3.8, 4) is 0 Å². The zero-order chi connectivity index (χ0) is 20.7. The molecule has 28 heavy (non-hydrogen) atoms. The van der Waals surface area contributed by atoms with Gasteiger partial charge in [-0.15, -0.1) is 0 Å². The van der Waals surface area contributed by atoms with Crippen molar-refractivity contribution in [2.75, 3.05) is 26.7 Å². The summed E-state index contributed by atoms with van der Waals surface area (Å²) in [5.74, 6) is 0.837. The number of imide groups is 1. The predicted molar refractivity (Wildman–Crippen MR) is 108 cm³/mol. The van der Waals surface area contributed by atoms with Gasteiger partial charge in [0.1, 0.15) is 5.54 Å². The van der Waals surface area contributed by atoms with Crippen LogP contribution < -0.4 is 16.0 Å². The van der Waals surface area contributed by atoms with Crippen LogP contribution >= 0.6 is 0 Å². The van der Waals surface area contributed by atoms with E-state index < -0.39 is 11.6 Å². The van der Waals surface area contributed by atoms with E-state index in [9.17, 15) is 9.59 Å². The highest BCUT2D eigenvalue weighted by Gasteiger charge is 2.58. The number of amides is 3. The molecule has 0 spiro atoms. The van der Waals surface area contributed by atoms with Gasteiger partial charge in [0.05, 0.1) is 5.60 Å². The number of carbonyl (C=O) groups is 2. The molecule has 2 aliphatic heterocycles. The van der Waals surface area contributed by atoms with E-state index in [0.717, 1.165) is 38.3 Å². The lowest BCUT2D eigenvalue weighted by atomic mass is 9.56. The summed E-state index contributed by atoms with van der Waals surface area (Å²) >= 11 is 0. The molecule has 3 rings (SSSR count). The Morgan fingerprint density at radius 1 is 1.25 bits per heavy atom. The van der Waals surface area contributed by atoms with E-state index in [1.807, 2.05) is 13.8 Å². The Balaban J connectivity index is 1.62. The number of methoxy groups -OCH3 is 1. The largest absolute Gasteiger partial charge is 0.378 e. The van der Waals surface area contributed by atoms with Crippen molar-refractivity contribution in [2.45, 2.75) is 71.1 Å². The second-order valence-corrected chi connectivity index (χ2v) is 9.23. The van der Waals surface area contributed by atoms with Crippen molar-refractivity contribution < 1.29 is 14.3 Å². The third kappa shape index (κ3) is 3.25. The zero-order valence-corrected chi connectivity index (χ0v) is 18.0. The first-order chi connectivity index (χ1) is 13.1. The molecular formula is C20H35N5O3. The molecule has 1 saturated carbocycles. The van der Waals surface area contributed by atoms with Gasteiger partial charge in [0.2, 0.25) is 0 Å². The summed E-state index contributed by atoms with van der Waals surface area (Å²) in [5.41, 5.74) is -0.930. The summed E-state index contributed by atoms with van der Waals surface area (Å²) < 4.78 is 5.74. The second kappa shape index (κ2) is 7.21. The molecule has 0 bridgehead atoms. The highest BCUT2D eigenvalue weighted by molar-refractivity contribution is 6.07. The number of piperidine rings is 1. The molecule has 8 nitrogen and oxygen atoms in total. The van der Waals surface area contributed by atoms with Gasteiger partial charge < -0.3 is 20.3 Å². The van der Waals surface area contributed by atoms with E-state index in [1.54, 1.807) is 7.11 Å². The van der Waals surface area contributed by atoms with Crippen LogP contribution in [0.1, 0.15) is 53.9 Å². The minimum absolute atomic E-state index is 0.00821. The quantitative estimate of drug-likeness (QED) is 0.382. The maximum Gasteiger partial charge on any atom is 0.322 e. The number of nitrogens with zero attached hydrogens (tertiary/aromatic N) is 2. The molecule has 3 fully saturated rings. The summed E-state index contributed by atoms with van der Waals surface area (Å²) in [6, 6.07) is -0.0869. The minimum Gasteiger partial charge on any atom is -0.378 e. The van der Waals surface area contributed by atoms with Crippen LogP contribution in [0.5, 0.6) is 0 Å². The van der Waals surface area contributed by atoms with Crippen molar-refractivity contribution in [1.82, 2.24) is 20.9 Å².